The molecule has 1 amide bonds. The van der Waals surface area contributed by atoms with Gasteiger partial charge in [0.25, 0.3) is 0 Å². The second-order valence-electron chi connectivity index (χ2n) is 8.04. The molecule has 1 aromatic heterocycles. The number of hydrogen-bond acceptors (Lipinski definition) is 4. The third kappa shape index (κ3) is 10.7. The highest BCUT2D eigenvalue weighted by Gasteiger charge is 2.16. The second-order valence-corrected chi connectivity index (χ2v) is 8.47. The maximum atomic E-state index is 11.4. The molecule has 0 saturated heterocycles. The van der Waals surface area contributed by atoms with Gasteiger partial charge in [-0.05, 0) is 61.9 Å². The number of aromatic nitrogens is 1. The average molecular weight is 462 g/mol. The highest BCUT2D eigenvalue weighted by Crippen LogP contribution is 2.27. The van der Waals surface area contributed by atoms with E-state index in [0.717, 1.165) is 29.8 Å². The van der Waals surface area contributed by atoms with E-state index in [1.807, 2.05) is 37.3 Å². The van der Waals surface area contributed by atoms with E-state index in [0.29, 0.717) is 12.4 Å². The molecule has 1 aromatic carbocycles. The molecule has 0 aliphatic heterocycles. The van der Waals surface area contributed by atoms with E-state index in [9.17, 15) is 9.59 Å². The zero-order valence-electron chi connectivity index (χ0n) is 19.3. The number of halogens is 1. The zero-order valence-corrected chi connectivity index (χ0v) is 20.1. The van der Waals surface area contributed by atoms with Crippen LogP contribution in [0.5, 0.6) is 0 Å². The van der Waals surface area contributed by atoms with Gasteiger partial charge in [0.05, 0.1) is 5.56 Å². The van der Waals surface area contributed by atoms with Gasteiger partial charge in [-0.3, -0.25) is 9.69 Å². The lowest BCUT2D eigenvalue weighted by atomic mass is 9.83. The molecular weight excluding hydrogens is 426 g/mol. The summed E-state index contributed by atoms with van der Waals surface area (Å²) < 4.78 is 0. The lowest BCUT2D eigenvalue weighted by Crippen LogP contribution is -2.30. The van der Waals surface area contributed by atoms with Gasteiger partial charge in [0.1, 0.15) is 5.82 Å². The maximum Gasteiger partial charge on any atom is 0.335 e. The van der Waals surface area contributed by atoms with Crippen LogP contribution in [0.4, 0.5) is 5.82 Å². The van der Waals surface area contributed by atoms with Crippen molar-refractivity contribution >= 4 is 29.3 Å². The molecule has 0 atom stereocenters. The Balaban J connectivity index is 0.000000267. The van der Waals surface area contributed by atoms with Crippen LogP contribution >= 0.6 is 11.6 Å². The lowest BCUT2D eigenvalue weighted by Gasteiger charge is -2.24. The van der Waals surface area contributed by atoms with Crippen LogP contribution in [-0.4, -0.2) is 35.1 Å². The molecule has 0 bridgehead atoms. The van der Waals surface area contributed by atoms with Crippen molar-refractivity contribution in [2.45, 2.75) is 52.9 Å². The van der Waals surface area contributed by atoms with E-state index in [-0.39, 0.29) is 11.5 Å². The molecule has 2 aromatic rings. The molecular formula is C25H36ClN3O3. The Hall–Kier alpha value is -2.44. The fraction of sp³-hybridized carbons (Fsp3) is 0.480. The fourth-order valence-corrected chi connectivity index (χ4v) is 3.48. The smallest absolute Gasteiger partial charge is 0.335 e. The molecule has 1 saturated carbocycles. The highest BCUT2D eigenvalue weighted by molar-refractivity contribution is 6.30. The molecule has 0 unspecified atom stereocenters. The Labute approximate surface area is 196 Å². The Bertz CT molecular complexity index is 809. The van der Waals surface area contributed by atoms with Crippen molar-refractivity contribution in [1.82, 2.24) is 4.98 Å². The Morgan fingerprint density at radius 3 is 2.22 bits per heavy atom. The predicted octanol–water partition coefficient (Wildman–Crippen LogP) is 5.65. The Morgan fingerprint density at radius 1 is 1.16 bits per heavy atom. The number of pyridine rings is 1. The summed E-state index contributed by atoms with van der Waals surface area (Å²) in [5.74, 6) is 1.03. The number of hydrogen-bond donors (Lipinski definition) is 2. The summed E-state index contributed by atoms with van der Waals surface area (Å²) in [6, 6.07) is 12.2. The monoisotopic (exact) mass is 461 g/mol. The van der Waals surface area contributed by atoms with E-state index < -0.39 is 5.97 Å². The van der Waals surface area contributed by atoms with Gasteiger partial charge in [-0.25, -0.2) is 9.78 Å². The summed E-state index contributed by atoms with van der Waals surface area (Å²) in [5.41, 5.74) is 5.68. The minimum absolute atomic E-state index is 0.132. The van der Waals surface area contributed by atoms with Crippen molar-refractivity contribution in [2.75, 3.05) is 18.0 Å². The van der Waals surface area contributed by atoms with Crippen molar-refractivity contribution in [3.05, 3.63) is 59.2 Å². The SMILES string of the molecule is CC1CCC(CN)CC1.CCCN(C(C)=O)c1cc(C(=O)O)ccn1.Clc1ccccc1. The van der Waals surface area contributed by atoms with Crippen LogP contribution in [0.3, 0.4) is 0 Å². The molecule has 3 N–H and O–H groups in total. The summed E-state index contributed by atoms with van der Waals surface area (Å²) in [7, 11) is 0. The molecule has 1 aliphatic rings. The minimum atomic E-state index is -1.02. The number of carbonyl (C=O) groups is 2. The van der Waals surface area contributed by atoms with E-state index >= 15 is 0 Å². The molecule has 7 heteroatoms. The van der Waals surface area contributed by atoms with E-state index in [1.165, 1.54) is 55.8 Å². The standard InChI is InChI=1S/C11H14N2O3.C8H17N.C6H5Cl/c1-3-6-13(8(2)14)10-7-9(11(15)16)4-5-12-10;1-7-2-4-8(6-9)5-3-7;7-6-4-2-1-3-5-6/h4-5,7H,3,6H2,1-2H3,(H,15,16);7-8H,2-6,9H2,1H3;1-5H. The number of carboxylic acids is 1. The molecule has 32 heavy (non-hydrogen) atoms. The average Bonchev–Trinajstić information content (AvgIpc) is 2.79. The van der Waals surface area contributed by atoms with E-state index in [2.05, 4.69) is 11.9 Å². The van der Waals surface area contributed by atoms with Crippen LogP contribution < -0.4 is 10.6 Å². The van der Waals surface area contributed by atoms with Gasteiger partial charge < -0.3 is 10.8 Å². The summed E-state index contributed by atoms with van der Waals surface area (Å²) in [5, 5.41) is 9.62. The first kappa shape index (κ1) is 27.6. The number of rotatable bonds is 5. The van der Waals surface area contributed by atoms with Gasteiger partial charge in [0.2, 0.25) is 5.91 Å². The molecule has 0 radical (unpaired) electrons. The molecule has 1 aliphatic carbocycles. The number of nitrogens with two attached hydrogens (primary N) is 1. The highest BCUT2D eigenvalue weighted by atomic mass is 35.5. The van der Waals surface area contributed by atoms with Gasteiger partial charge in [-0.1, -0.05) is 56.5 Å². The first-order valence-corrected chi connectivity index (χ1v) is 11.5. The maximum absolute atomic E-state index is 11.4. The third-order valence-electron chi connectivity index (χ3n) is 5.30. The topological polar surface area (TPSA) is 96.5 Å². The van der Waals surface area contributed by atoms with Gasteiger partial charge in [0, 0.05) is 24.7 Å². The van der Waals surface area contributed by atoms with Crippen LogP contribution in [0.15, 0.2) is 48.7 Å². The number of nitrogens with zero attached hydrogens (tertiary/aromatic N) is 2. The van der Waals surface area contributed by atoms with E-state index in [1.54, 1.807) is 0 Å². The summed E-state index contributed by atoms with van der Waals surface area (Å²) in [6.45, 7) is 7.16. The third-order valence-corrected chi connectivity index (χ3v) is 5.55. The molecule has 0 spiro atoms. The van der Waals surface area contributed by atoms with Crippen LogP contribution in [0.1, 0.15) is 63.2 Å². The molecule has 6 nitrogen and oxygen atoms in total. The van der Waals surface area contributed by atoms with E-state index in [4.69, 9.17) is 22.4 Å². The number of carbonyl (C=O) groups excluding carboxylic acids is 1. The second kappa shape index (κ2) is 15.4. The van der Waals surface area contributed by atoms with Crippen molar-refractivity contribution in [3.63, 3.8) is 0 Å². The molecule has 1 heterocycles. The Kier molecular flexibility index (Phi) is 13.3. The van der Waals surface area contributed by atoms with Crippen LogP contribution in [0, 0.1) is 11.8 Å². The first-order valence-electron chi connectivity index (χ1n) is 11.2. The van der Waals surface area contributed by atoms with Crippen LogP contribution in [-0.2, 0) is 4.79 Å². The van der Waals surface area contributed by atoms with Crippen LogP contribution in [0.2, 0.25) is 5.02 Å². The van der Waals surface area contributed by atoms with Gasteiger partial charge in [-0.2, -0.15) is 0 Å². The summed E-state index contributed by atoms with van der Waals surface area (Å²) in [4.78, 5) is 27.6. The largest absolute Gasteiger partial charge is 0.478 e. The summed E-state index contributed by atoms with van der Waals surface area (Å²) in [6.07, 6.45) is 7.74. The first-order chi connectivity index (χ1) is 15.3. The predicted molar refractivity (Wildman–Crippen MR) is 131 cm³/mol. The minimum Gasteiger partial charge on any atom is -0.478 e. The van der Waals surface area contributed by atoms with Gasteiger partial charge >= 0.3 is 5.97 Å². The molecule has 1 fully saturated rings. The normalized spacial score (nSPS) is 17.2. The zero-order chi connectivity index (χ0) is 23.9. The van der Waals surface area contributed by atoms with Gasteiger partial charge in [0.15, 0.2) is 0 Å². The number of carboxylic acid groups (broad SMARTS) is 1. The van der Waals surface area contributed by atoms with Crippen molar-refractivity contribution in [3.8, 4) is 0 Å². The van der Waals surface area contributed by atoms with Crippen molar-refractivity contribution < 1.29 is 14.7 Å². The fourth-order valence-electron chi connectivity index (χ4n) is 3.34. The lowest BCUT2D eigenvalue weighted by molar-refractivity contribution is -0.116. The quantitative estimate of drug-likeness (QED) is 0.599. The number of amides is 1. The van der Waals surface area contributed by atoms with Gasteiger partial charge in [-0.15, -0.1) is 0 Å². The van der Waals surface area contributed by atoms with Crippen molar-refractivity contribution in [1.29, 1.82) is 0 Å². The summed E-state index contributed by atoms with van der Waals surface area (Å²) >= 11 is 5.54. The number of anilines is 1. The van der Waals surface area contributed by atoms with Crippen molar-refractivity contribution in [2.24, 2.45) is 17.6 Å². The Morgan fingerprint density at radius 2 is 1.78 bits per heavy atom. The molecule has 3 rings (SSSR count). The van der Waals surface area contributed by atoms with Crippen LogP contribution in [0.25, 0.3) is 0 Å². The number of aromatic carboxylic acids is 1. The molecule has 176 valence electrons. The number of benzene rings is 1.